The molecular weight excluding hydrogens is 280 g/mol. The van der Waals surface area contributed by atoms with Gasteiger partial charge in [-0.3, -0.25) is 9.59 Å². The Kier molecular flexibility index (Phi) is 5.98. The topological polar surface area (TPSA) is 78.4 Å². The summed E-state index contributed by atoms with van der Waals surface area (Å²) in [5.41, 5.74) is 1.57. The second-order valence-electron chi connectivity index (χ2n) is 4.84. The van der Waals surface area contributed by atoms with E-state index in [1.165, 1.54) is 6.92 Å². The molecule has 1 aromatic rings. The summed E-state index contributed by atoms with van der Waals surface area (Å²) >= 11 is 5.98. The molecule has 0 fully saturated rings. The van der Waals surface area contributed by atoms with Crippen LogP contribution in [0.3, 0.4) is 0 Å². The molecule has 0 aromatic heterocycles. The molecule has 1 rings (SSSR count). The van der Waals surface area contributed by atoms with Crippen LogP contribution in [0.2, 0.25) is 5.02 Å². The van der Waals surface area contributed by atoms with Crippen LogP contribution in [0.1, 0.15) is 25.8 Å². The zero-order valence-electron chi connectivity index (χ0n) is 11.7. The lowest BCUT2D eigenvalue weighted by atomic mass is 10.2. The van der Waals surface area contributed by atoms with Crippen molar-refractivity contribution in [3.63, 3.8) is 0 Å². The number of benzene rings is 1. The van der Waals surface area contributed by atoms with Crippen LogP contribution in [0.5, 0.6) is 0 Å². The maximum absolute atomic E-state index is 11.8. The number of amides is 1. The molecule has 1 unspecified atom stereocenters. The summed E-state index contributed by atoms with van der Waals surface area (Å²) in [5, 5.41) is 14.9. The zero-order valence-corrected chi connectivity index (χ0v) is 12.5. The van der Waals surface area contributed by atoms with Gasteiger partial charge in [0.2, 0.25) is 5.91 Å². The van der Waals surface area contributed by atoms with E-state index in [0.717, 1.165) is 5.56 Å². The van der Waals surface area contributed by atoms with E-state index in [4.69, 9.17) is 16.7 Å². The molecule has 110 valence electrons. The number of nitrogens with one attached hydrogen (secondary N) is 2. The van der Waals surface area contributed by atoms with Gasteiger partial charge < -0.3 is 15.7 Å². The normalized spacial score (nSPS) is 13.6. The van der Waals surface area contributed by atoms with Gasteiger partial charge in [0.25, 0.3) is 0 Å². The Morgan fingerprint density at radius 3 is 2.55 bits per heavy atom. The van der Waals surface area contributed by atoms with Crippen molar-refractivity contribution in [1.82, 2.24) is 5.32 Å². The predicted molar refractivity (Wildman–Crippen MR) is 79.1 cm³/mol. The minimum atomic E-state index is -0.942. The highest BCUT2D eigenvalue weighted by Crippen LogP contribution is 2.20. The van der Waals surface area contributed by atoms with Crippen molar-refractivity contribution in [2.45, 2.75) is 39.3 Å². The van der Waals surface area contributed by atoms with E-state index in [9.17, 15) is 9.59 Å². The van der Waals surface area contributed by atoms with Crippen molar-refractivity contribution < 1.29 is 14.7 Å². The van der Waals surface area contributed by atoms with Gasteiger partial charge in [-0.1, -0.05) is 17.7 Å². The van der Waals surface area contributed by atoms with E-state index in [1.54, 1.807) is 19.1 Å². The Morgan fingerprint density at radius 2 is 2.00 bits per heavy atom. The summed E-state index contributed by atoms with van der Waals surface area (Å²) < 4.78 is 0. The number of carboxylic acids is 1. The third-order valence-corrected chi connectivity index (χ3v) is 3.26. The fraction of sp³-hybridized carbons (Fsp3) is 0.429. The van der Waals surface area contributed by atoms with Crippen molar-refractivity contribution in [3.8, 4) is 0 Å². The average molecular weight is 299 g/mol. The van der Waals surface area contributed by atoms with Gasteiger partial charge in [0.05, 0.1) is 0 Å². The number of anilines is 1. The highest BCUT2D eigenvalue weighted by Gasteiger charge is 2.16. The van der Waals surface area contributed by atoms with Gasteiger partial charge in [-0.2, -0.15) is 0 Å². The third-order valence-electron chi connectivity index (χ3n) is 2.85. The number of hydrogen-bond donors (Lipinski definition) is 3. The lowest BCUT2D eigenvalue weighted by Crippen LogP contribution is -2.41. The zero-order chi connectivity index (χ0) is 15.3. The second kappa shape index (κ2) is 7.26. The number of hydrogen-bond acceptors (Lipinski definition) is 3. The molecule has 3 N–H and O–H groups in total. The minimum absolute atomic E-state index is 0.184. The van der Waals surface area contributed by atoms with Crippen molar-refractivity contribution in [2.24, 2.45) is 0 Å². The largest absolute Gasteiger partial charge is 0.480 e. The molecule has 0 aliphatic heterocycles. The first-order chi connectivity index (χ1) is 9.29. The smallest absolute Gasteiger partial charge is 0.320 e. The fourth-order valence-electron chi connectivity index (χ4n) is 1.72. The number of carbonyl (C=O) groups is 2. The summed E-state index contributed by atoms with van der Waals surface area (Å²) in [6.45, 7) is 5.19. The number of carbonyl (C=O) groups excluding carboxylic acids is 1. The van der Waals surface area contributed by atoms with Crippen LogP contribution in [0.15, 0.2) is 18.2 Å². The molecular formula is C14H19ClN2O3. The molecule has 0 aliphatic carbocycles. The highest BCUT2D eigenvalue weighted by atomic mass is 35.5. The van der Waals surface area contributed by atoms with Crippen LogP contribution in [-0.4, -0.2) is 29.1 Å². The molecule has 0 saturated carbocycles. The Balaban J connectivity index is 2.50. The summed E-state index contributed by atoms with van der Waals surface area (Å²) in [5.74, 6) is -1.13. The molecule has 2 atom stereocenters. The lowest BCUT2D eigenvalue weighted by Gasteiger charge is -2.16. The standard InChI is InChI=1S/C14H19ClN2O3/c1-8-4-5-11(7-12(8)15)17-13(18)6-9(2)16-10(3)14(19)20/h4-5,7,9-10,16H,6H2,1-3H3,(H,17,18)(H,19,20)/t9?,10-/m0/s1. The first kappa shape index (κ1) is 16.5. The number of halogens is 1. The van der Waals surface area contributed by atoms with Crippen LogP contribution >= 0.6 is 11.6 Å². The van der Waals surface area contributed by atoms with Gasteiger partial charge in [-0.25, -0.2) is 0 Å². The van der Waals surface area contributed by atoms with Crippen LogP contribution in [0, 0.1) is 6.92 Å². The average Bonchev–Trinajstić information content (AvgIpc) is 2.33. The molecule has 0 spiro atoms. The van der Waals surface area contributed by atoms with Gasteiger partial charge >= 0.3 is 5.97 Å². The monoisotopic (exact) mass is 298 g/mol. The molecule has 0 radical (unpaired) electrons. The van der Waals surface area contributed by atoms with E-state index in [0.29, 0.717) is 10.7 Å². The van der Waals surface area contributed by atoms with Crippen LogP contribution in [-0.2, 0) is 9.59 Å². The van der Waals surface area contributed by atoms with E-state index in [2.05, 4.69) is 10.6 Å². The molecule has 20 heavy (non-hydrogen) atoms. The first-order valence-corrected chi connectivity index (χ1v) is 6.72. The van der Waals surface area contributed by atoms with Crippen LogP contribution < -0.4 is 10.6 Å². The number of rotatable bonds is 6. The van der Waals surface area contributed by atoms with Gasteiger partial charge in [-0.15, -0.1) is 0 Å². The Hall–Kier alpha value is -1.59. The van der Waals surface area contributed by atoms with Gasteiger partial charge in [0, 0.05) is 23.2 Å². The highest BCUT2D eigenvalue weighted by molar-refractivity contribution is 6.31. The molecule has 0 saturated heterocycles. The molecule has 1 aromatic carbocycles. The van der Waals surface area contributed by atoms with Gasteiger partial charge in [0.1, 0.15) is 6.04 Å². The van der Waals surface area contributed by atoms with E-state index < -0.39 is 12.0 Å². The number of carboxylic acid groups (broad SMARTS) is 1. The van der Waals surface area contributed by atoms with Crippen LogP contribution in [0.4, 0.5) is 5.69 Å². The Labute approximate surface area is 123 Å². The van der Waals surface area contributed by atoms with E-state index in [-0.39, 0.29) is 18.4 Å². The molecule has 5 nitrogen and oxygen atoms in total. The Morgan fingerprint density at radius 1 is 1.35 bits per heavy atom. The molecule has 0 bridgehead atoms. The summed E-state index contributed by atoms with van der Waals surface area (Å²) in [6.07, 6.45) is 0.184. The van der Waals surface area contributed by atoms with E-state index >= 15 is 0 Å². The lowest BCUT2D eigenvalue weighted by molar-refractivity contribution is -0.139. The maximum Gasteiger partial charge on any atom is 0.320 e. The fourth-order valence-corrected chi connectivity index (χ4v) is 1.90. The SMILES string of the molecule is Cc1ccc(NC(=O)CC(C)N[C@@H](C)C(=O)O)cc1Cl. The number of aliphatic carboxylic acids is 1. The quantitative estimate of drug-likeness (QED) is 0.754. The predicted octanol–water partition coefficient (Wildman–Crippen LogP) is 2.43. The van der Waals surface area contributed by atoms with Crippen LogP contribution in [0.25, 0.3) is 0 Å². The third kappa shape index (κ3) is 5.19. The molecule has 0 heterocycles. The minimum Gasteiger partial charge on any atom is -0.480 e. The second-order valence-corrected chi connectivity index (χ2v) is 5.25. The summed E-state index contributed by atoms with van der Waals surface area (Å²) in [7, 11) is 0. The van der Waals surface area contributed by atoms with Gasteiger partial charge in [-0.05, 0) is 38.5 Å². The van der Waals surface area contributed by atoms with Crippen molar-refractivity contribution in [1.29, 1.82) is 0 Å². The summed E-state index contributed by atoms with van der Waals surface area (Å²) in [6, 6.07) is 4.37. The first-order valence-electron chi connectivity index (χ1n) is 6.34. The van der Waals surface area contributed by atoms with E-state index in [1.807, 2.05) is 13.0 Å². The van der Waals surface area contributed by atoms with Crippen molar-refractivity contribution >= 4 is 29.2 Å². The summed E-state index contributed by atoms with van der Waals surface area (Å²) in [4.78, 5) is 22.5. The van der Waals surface area contributed by atoms with Crippen molar-refractivity contribution in [2.75, 3.05) is 5.32 Å². The van der Waals surface area contributed by atoms with Gasteiger partial charge in [0.15, 0.2) is 0 Å². The maximum atomic E-state index is 11.8. The number of aryl methyl sites for hydroxylation is 1. The van der Waals surface area contributed by atoms with Crippen molar-refractivity contribution in [3.05, 3.63) is 28.8 Å². The molecule has 0 aliphatic rings. The molecule has 6 heteroatoms. The Bertz CT molecular complexity index is 505. The molecule has 1 amide bonds.